The molecule has 80 valence electrons. The summed E-state index contributed by atoms with van der Waals surface area (Å²) in [4.78, 5) is 3.27. The highest BCUT2D eigenvalue weighted by atomic mass is 32.1. The van der Waals surface area contributed by atoms with Crippen LogP contribution in [0.15, 0.2) is 6.20 Å². The van der Waals surface area contributed by atoms with E-state index in [1.807, 2.05) is 0 Å². The summed E-state index contributed by atoms with van der Waals surface area (Å²) in [6.45, 7) is 1.08. The van der Waals surface area contributed by atoms with E-state index >= 15 is 0 Å². The largest absolute Gasteiger partial charge is 0.443 e. The smallest absolute Gasteiger partial charge is 0.376 e. The number of hydrogen-bond acceptors (Lipinski definition) is 4. The Kier molecular flexibility index (Phi) is 3.70. The number of halogens is 3. The summed E-state index contributed by atoms with van der Waals surface area (Å²) in [6, 6.07) is 0. The van der Waals surface area contributed by atoms with Gasteiger partial charge in [0.1, 0.15) is 5.00 Å². The van der Waals surface area contributed by atoms with Gasteiger partial charge in [0.2, 0.25) is 0 Å². The van der Waals surface area contributed by atoms with Crippen molar-refractivity contribution in [3.8, 4) is 0 Å². The van der Waals surface area contributed by atoms with Crippen molar-refractivity contribution in [3.05, 3.63) is 11.2 Å². The van der Waals surface area contributed by atoms with Crippen LogP contribution in [-0.2, 0) is 6.18 Å². The van der Waals surface area contributed by atoms with Gasteiger partial charge in [-0.1, -0.05) is 11.3 Å². The second-order valence-corrected chi connectivity index (χ2v) is 3.63. The quantitative estimate of drug-likeness (QED) is 0.770. The van der Waals surface area contributed by atoms with Gasteiger partial charge in [-0.25, -0.2) is 4.98 Å². The highest BCUT2D eigenvalue weighted by molar-refractivity contribution is 7.15. The van der Waals surface area contributed by atoms with E-state index in [2.05, 4.69) is 10.3 Å². The molecule has 1 aromatic rings. The molecule has 0 unspecified atom stereocenters. The molecule has 3 N–H and O–H groups in total. The van der Waals surface area contributed by atoms with E-state index in [0.717, 1.165) is 6.42 Å². The number of rotatable bonds is 4. The molecule has 1 heterocycles. The summed E-state index contributed by atoms with van der Waals surface area (Å²) < 4.78 is 36.3. The van der Waals surface area contributed by atoms with Gasteiger partial charge in [0.05, 0.1) is 6.20 Å². The molecule has 0 bridgehead atoms. The third kappa shape index (κ3) is 3.15. The second-order valence-electron chi connectivity index (χ2n) is 2.60. The van der Waals surface area contributed by atoms with Crippen LogP contribution in [0.1, 0.15) is 11.4 Å². The zero-order valence-electron chi connectivity index (χ0n) is 7.27. The topological polar surface area (TPSA) is 50.9 Å². The zero-order chi connectivity index (χ0) is 10.6. The van der Waals surface area contributed by atoms with Gasteiger partial charge in [-0.15, -0.1) is 0 Å². The summed E-state index contributed by atoms with van der Waals surface area (Å²) in [5, 5.41) is 2.41. The van der Waals surface area contributed by atoms with Crippen molar-refractivity contribution in [2.75, 3.05) is 18.4 Å². The van der Waals surface area contributed by atoms with Crippen LogP contribution >= 0.6 is 11.3 Å². The Morgan fingerprint density at radius 2 is 2.21 bits per heavy atom. The van der Waals surface area contributed by atoms with Gasteiger partial charge in [0.15, 0.2) is 5.01 Å². The van der Waals surface area contributed by atoms with Gasteiger partial charge in [-0.3, -0.25) is 0 Å². The lowest BCUT2D eigenvalue weighted by Crippen LogP contribution is -2.07. The molecule has 0 atom stereocenters. The fraction of sp³-hybridized carbons (Fsp3) is 0.571. The van der Waals surface area contributed by atoms with Gasteiger partial charge < -0.3 is 11.1 Å². The molecule has 0 fully saturated rings. The second kappa shape index (κ2) is 4.61. The van der Waals surface area contributed by atoms with Crippen LogP contribution in [0.25, 0.3) is 0 Å². The van der Waals surface area contributed by atoms with E-state index in [4.69, 9.17) is 5.73 Å². The van der Waals surface area contributed by atoms with Crippen molar-refractivity contribution >= 4 is 16.3 Å². The molecular formula is C7H10F3N3S. The normalized spacial score (nSPS) is 11.7. The first kappa shape index (κ1) is 11.3. The third-order valence-corrected chi connectivity index (χ3v) is 2.43. The highest BCUT2D eigenvalue weighted by Gasteiger charge is 2.34. The van der Waals surface area contributed by atoms with Crippen LogP contribution in [0.4, 0.5) is 18.2 Å². The van der Waals surface area contributed by atoms with Crippen LogP contribution < -0.4 is 11.1 Å². The average molecular weight is 225 g/mol. The minimum atomic E-state index is -4.35. The van der Waals surface area contributed by atoms with E-state index in [9.17, 15) is 13.2 Å². The van der Waals surface area contributed by atoms with E-state index in [0.29, 0.717) is 29.4 Å². The molecule has 1 rings (SSSR count). The third-order valence-electron chi connectivity index (χ3n) is 1.43. The SMILES string of the molecule is NCCCNc1cnc(C(F)(F)F)s1. The number of thiazole rings is 1. The van der Waals surface area contributed by atoms with Gasteiger partial charge >= 0.3 is 6.18 Å². The number of aromatic nitrogens is 1. The Morgan fingerprint density at radius 3 is 2.71 bits per heavy atom. The molecule has 0 saturated carbocycles. The van der Waals surface area contributed by atoms with E-state index < -0.39 is 11.2 Å². The molecular weight excluding hydrogens is 215 g/mol. The zero-order valence-corrected chi connectivity index (χ0v) is 8.08. The lowest BCUT2D eigenvalue weighted by atomic mass is 10.4. The van der Waals surface area contributed by atoms with Crippen LogP contribution in [0, 0.1) is 0 Å². The van der Waals surface area contributed by atoms with E-state index in [1.165, 1.54) is 6.20 Å². The minimum Gasteiger partial charge on any atom is -0.376 e. The fourth-order valence-electron chi connectivity index (χ4n) is 0.801. The fourth-order valence-corrected chi connectivity index (χ4v) is 1.51. The van der Waals surface area contributed by atoms with Gasteiger partial charge in [0.25, 0.3) is 0 Å². The Hall–Kier alpha value is -0.820. The molecule has 0 aliphatic heterocycles. The maximum Gasteiger partial charge on any atom is 0.443 e. The van der Waals surface area contributed by atoms with Crippen LogP contribution in [0.3, 0.4) is 0 Å². The summed E-state index contributed by atoms with van der Waals surface area (Å²) >= 11 is 0.602. The maximum atomic E-state index is 12.1. The molecule has 3 nitrogen and oxygen atoms in total. The molecule has 0 spiro atoms. The van der Waals surface area contributed by atoms with E-state index in [-0.39, 0.29) is 0 Å². The van der Waals surface area contributed by atoms with Crippen molar-refractivity contribution in [2.24, 2.45) is 5.73 Å². The van der Waals surface area contributed by atoms with Gasteiger partial charge in [0, 0.05) is 6.54 Å². The maximum absolute atomic E-state index is 12.1. The summed E-state index contributed by atoms with van der Waals surface area (Å²) in [6.07, 6.45) is -2.44. The predicted molar refractivity (Wildman–Crippen MR) is 49.3 cm³/mol. The van der Waals surface area contributed by atoms with Crippen LogP contribution in [0.5, 0.6) is 0 Å². The molecule has 0 saturated heterocycles. The molecule has 0 amide bonds. The minimum absolute atomic E-state index is 0.422. The lowest BCUT2D eigenvalue weighted by Gasteiger charge is -2.01. The first-order chi connectivity index (χ1) is 6.54. The number of nitrogens with two attached hydrogens (primary N) is 1. The number of nitrogens with one attached hydrogen (secondary N) is 1. The molecule has 0 aromatic carbocycles. The number of alkyl halides is 3. The first-order valence-electron chi connectivity index (χ1n) is 4.01. The average Bonchev–Trinajstić information content (AvgIpc) is 2.52. The van der Waals surface area contributed by atoms with Crippen LogP contribution in [-0.4, -0.2) is 18.1 Å². The molecule has 0 aliphatic carbocycles. The number of anilines is 1. The summed E-state index contributed by atoms with van der Waals surface area (Å²) in [5.74, 6) is 0. The lowest BCUT2D eigenvalue weighted by molar-refractivity contribution is -0.137. The number of nitrogens with zero attached hydrogens (tertiary/aromatic N) is 1. The van der Waals surface area contributed by atoms with Crippen LogP contribution in [0.2, 0.25) is 0 Å². The molecule has 14 heavy (non-hydrogen) atoms. The Balaban J connectivity index is 2.51. The van der Waals surface area contributed by atoms with Crippen molar-refractivity contribution in [1.29, 1.82) is 0 Å². The molecule has 0 radical (unpaired) electrons. The van der Waals surface area contributed by atoms with Crippen molar-refractivity contribution < 1.29 is 13.2 Å². The Bertz CT molecular complexity index is 284. The number of hydrogen-bond donors (Lipinski definition) is 2. The molecule has 1 aromatic heterocycles. The van der Waals surface area contributed by atoms with Gasteiger partial charge in [-0.05, 0) is 13.0 Å². The molecule has 7 heteroatoms. The highest BCUT2D eigenvalue weighted by Crippen LogP contribution is 2.34. The Morgan fingerprint density at radius 1 is 1.50 bits per heavy atom. The predicted octanol–water partition coefficient (Wildman–Crippen LogP) is 1.92. The van der Waals surface area contributed by atoms with E-state index in [1.54, 1.807) is 0 Å². The van der Waals surface area contributed by atoms with Crippen molar-refractivity contribution in [3.63, 3.8) is 0 Å². The standard InChI is InChI=1S/C7H10F3N3S/c8-7(9,10)6-13-4-5(14-6)12-3-1-2-11/h4,12H,1-3,11H2. The molecule has 0 aliphatic rings. The first-order valence-corrected chi connectivity index (χ1v) is 4.82. The Labute approximate surface area is 83.1 Å². The van der Waals surface area contributed by atoms with Crippen molar-refractivity contribution in [1.82, 2.24) is 4.98 Å². The monoisotopic (exact) mass is 225 g/mol. The summed E-state index contributed by atoms with van der Waals surface area (Å²) in [7, 11) is 0. The summed E-state index contributed by atoms with van der Waals surface area (Å²) in [5.41, 5.74) is 5.23. The van der Waals surface area contributed by atoms with Gasteiger partial charge in [-0.2, -0.15) is 13.2 Å². The van der Waals surface area contributed by atoms with Crippen molar-refractivity contribution in [2.45, 2.75) is 12.6 Å².